The van der Waals surface area contributed by atoms with E-state index in [1.165, 1.54) is 0 Å². The number of pyridine rings is 1. The lowest BCUT2D eigenvalue weighted by molar-refractivity contribution is 0.688. The van der Waals surface area contributed by atoms with E-state index in [4.69, 9.17) is 11.6 Å². The Kier molecular flexibility index (Phi) is 3.22. The van der Waals surface area contributed by atoms with Crippen molar-refractivity contribution in [3.8, 4) is 0 Å². The van der Waals surface area contributed by atoms with Gasteiger partial charge in [0.05, 0.1) is 17.3 Å². The first kappa shape index (κ1) is 11.1. The molecule has 1 atom stereocenters. The van der Waals surface area contributed by atoms with Gasteiger partial charge in [0.15, 0.2) is 0 Å². The van der Waals surface area contributed by atoms with Gasteiger partial charge in [-0.15, -0.1) is 0 Å². The van der Waals surface area contributed by atoms with Gasteiger partial charge in [0.1, 0.15) is 0 Å². The zero-order chi connectivity index (χ0) is 11.5. The monoisotopic (exact) mass is 236 g/mol. The van der Waals surface area contributed by atoms with Crippen LogP contribution in [0.3, 0.4) is 0 Å². The second kappa shape index (κ2) is 4.63. The number of halogens is 1. The number of aromatic nitrogens is 3. The molecule has 0 fully saturated rings. The molecule has 0 aromatic carbocycles. The summed E-state index contributed by atoms with van der Waals surface area (Å²) in [5, 5.41) is 8.04. The van der Waals surface area contributed by atoms with Gasteiger partial charge >= 0.3 is 0 Å². The molecule has 0 radical (unpaired) electrons. The highest BCUT2D eigenvalue weighted by Crippen LogP contribution is 2.26. The average molecular weight is 237 g/mol. The van der Waals surface area contributed by atoms with E-state index >= 15 is 0 Å². The zero-order valence-electron chi connectivity index (χ0n) is 9.18. The fourth-order valence-electron chi connectivity index (χ4n) is 1.71. The largest absolute Gasteiger partial charge is 0.309 e. The lowest BCUT2D eigenvalue weighted by atomic mass is 10.0. The highest BCUT2D eigenvalue weighted by atomic mass is 35.5. The highest BCUT2D eigenvalue weighted by Gasteiger charge is 2.16. The molecule has 16 heavy (non-hydrogen) atoms. The van der Waals surface area contributed by atoms with Crippen molar-refractivity contribution in [2.45, 2.75) is 6.04 Å². The zero-order valence-corrected chi connectivity index (χ0v) is 9.94. The minimum atomic E-state index is 0.0456. The van der Waals surface area contributed by atoms with Crippen molar-refractivity contribution in [1.29, 1.82) is 0 Å². The Hall–Kier alpha value is -1.39. The summed E-state index contributed by atoms with van der Waals surface area (Å²) in [7, 11) is 3.79. The third kappa shape index (κ3) is 2.08. The Labute approximate surface area is 99.3 Å². The van der Waals surface area contributed by atoms with Crippen molar-refractivity contribution >= 4 is 11.6 Å². The fourth-order valence-corrected chi connectivity index (χ4v) is 1.94. The van der Waals surface area contributed by atoms with Crippen molar-refractivity contribution in [3.63, 3.8) is 0 Å². The van der Waals surface area contributed by atoms with Crippen LogP contribution >= 0.6 is 11.6 Å². The van der Waals surface area contributed by atoms with Gasteiger partial charge in [-0.2, -0.15) is 5.10 Å². The summed E-state index contributed by atoms with van der Waals surface area (Å²) < 4.78 is 1.77. The lowest BCUT2D eigenvalue weighted by Gasteiger charge is -2.15. The Morgan fingerprint density at radius 3 is 2.81 bits per heavy atom. The Morgan fingerprint density at radius 1 is 1.44 bits per heavy atom. The molecule has 0 bridgehead atoms. The fraction of sp³-hybridized carbons (Fsp3) is 0.273. The van der Waals surface area contributed by atoms with Crippen LogP contribution in [0.1, 0.15) is 17.2 Å². The van der Waals surface area contributed by atoms with Gasteiger partial charge in [0.25, 0.3) is 0 Å². The molecular weight excluding hydrogens is 224 g/mol. The van der Waals surface area contributed by atoms with Crippen molar-refractivity contribution in [1.82, 2.24) is 20.1 Å². The first-order chi connectivity index (χ1) is 7.72. The third-order valence-corrected chi connectivity index (χ3v) is 2.78. The van der Waals surface area contributed by atoms with Crippen molar-refractivity contribution in [2.75, 3.05) is 7.05 Å². The number of nitrogens with one attached hydrogen (secondary N) is 1. The van der Waals surface area contributed by atoms with Crippen LogP contribution in [-0.2, 0) is 7.05 Å². The molecule has 0 aliphatic carbocycles. The van der Waals surface area contributed by atoms with Crippen molar-refractivity contribution in [2.24, 2.45) is 7.05 Å². The van der Waals surface area contributed by atoms with Crippen LogP contribution in [0.2, 0.25) is 5.02 Å². The van der Waals surface area contributed by atoms with E-state index in [1.54, 1.807) is 17.1 Å². The van der Waals surface area contributed by atoms with E-state index in [0.717, 1.165) is 11.1 Å². The molecule has 84 valence electrons. The van der Waals surface area contributed by atoms with Crippen LogP contribution in [0.25, 0.3) is 0 Å². The number of aryl methyl sites for hydroxylation is 1. The Morgan fingerprint density at radius 2 is 2.25 bits per heavy atom. The Balaban J connectivity index is 2.40. The molecule has 0 amide bonds. The van der Waals surface area contributed by atoms with Crippen molar-refractivity contribution in [3.05, 3.63) is 47.0 Å². The van der Waals surface area contributed by atoms with Gasteiger partial charge < -0.3 is 5.32 Å². The smallest absolute Gasteiger partial charge is 0.0640 e. The van der Waals surface area contributed by atoms with Gasteiger partial charge in [-0.05, 0) is 18.7 Å². The van der Waals surface area contributed by atoms with Crippen LogP contribution in [0.15, 0.2) is 30.9 Å². The van der Waals surface area contributed by atoms with Crippen LogP contribution < -0.4 is 5.32 Å². The topological polar surface area (TPSA) is 42.7 Å². The predicted molar refractivity (Wildman–Crippen MR) is 63.4 cm³/mol. The summed E-state index contributed by atoms with van der Waals surface area (Å²) in [5.74, 6) is 0. The van der Waals surface area contributed by atoms with Crippen molar-refractivity contribution < 1.29 is 0 Å². The molecule has 0 aliphatic rings. The molecule has 4 nitrogen and oxygen atoms in total. The maximum absolute atomic E-state index is 6.12. The predicted octanol–water partition coefficient (Wildman–Crippen LogP) is 1.78. The molecule has 2 aromatic rings. The van der Waals surface area contributed by atoms with Gasteiger partial charge in [0, 0.05) is 31.2 Å². The van der Waals surface area contributed by atoms with E-state index in [9.17, 15) is 0 Å². The molecular formula is C11H13ClN4. The summed E-state index contributed by atoms with van der Waals surface area (Å²) in [6.07, 6.45) is 7.19. The van der Waals surface area contributed by atoms with Gasteiger partial charge in [-0.25, -0.2) is 0 Å². The van der Waals surface area contributed by atoms with Crippen LogP contribution in [0, 0.1) is 0 Å². The molecule has 1 unspecified atom stereocenters. The maximum atomic E-state index is 6.12. The summed E-state index contributed by atoms with van der Waals surface area (Å²) in [6, 6.07) is 1.96. The standard InChI is InChI=1S/C11H13ClN4/c1-13-11(8-5-15-16(2)7-8)9-3-4-14-6-10(9)12/h3-7,11,13H,1-2H3. The minimum Gasteiger partial charge on any atom is -0.309 e. The van der Waals surface area contributed by atoms with Crippen LogP contribution in [0.5, 0.6) is 0 Å². The number of hydrogen-bond acceptors (Lipinski definition) is 3. The van der Waals surface area contributed by atoms with Gasteiger partial charge in [-0.3, -0.25) is 9.67 Å². The average Bonchev–Trinajstić information content (AvgIpc) is 2.69. The number of rotatable bonds is 3. The second-order valence-electron chi connectivity index (χ2n) is 3.57. The molecule has 0 spiro atoms. The van der Waals surface area contributed by atoms with E-state index in [0.29, 0.717) is 5.02 Å². The summed E-state index contributed by atoms with van der Waals surface area (Å²) in [5.41, 5.74) is 2.09. The summed E-state index contributed by atoms with van der Waals surface area (Å²) in [6.45, 7) is 0. The molecule has 0 saturated carbocycles. The molecule has 5 heteroatoms. The molecule has 0 aliphatic heterocycles. The quantitative estimate of drug-likeness (QED) is 0.884. The molecule has 0 saturated heterocycles. The van der Waals surface area contributed by atoms with Crippen LogP contribution in [0.4, 0.5) is 0 Å². The highest BCUT2D eigenvalue weighted by molar-refractivity contribution is 6.31. The molecule has 2 aromatic heterocycles. The number of nitrogens with zero attached hydrogens (tertiary/aromatic N) is 3. The number of hydrogen-bond donors (Lipinski definition) is 1. The summed E-state index contributed by atoms with van der Waals surface area (Å²) in [4.78, 5) is 3.98. The van der Waals surface area contributed by atoms with E-state index in [1.807, 2.05) is 32.6 Å². The second-order valence-corrected chi connectivity index (χ2v) is 3.97. The molecule has 2 rings (SSSR count). The Bertz CT molecular complexity index is 480. The minimum absolute atomic E-state index is 0.0456. The van der Waals surface area contributed by atoms with E-state index in [-0.39, 0.29) is 6.04 Å². The van der Waals surface area contributed by atoms with E-state index in [2.05, 4.69) is 15.4 Å². The van der Waals surface area contributed by atoms with Gasteiger partial charge in [0.2, 0.25) is 0 Å². The normalized spacial score (nSPS) is 12.7. The molecule has 2 heterocycles. The first-order valence-electron chi connectivity index (χ1n) is 4.97. The lowest BCUT2D eigenvalue weighted by Crippen LogP contribution is -2.17. The first-order valence-corrected chi connectivity index (χ1v) is 5.35. The third-order valence-electron chi connectivity index (χ3n) is 2.46. The van der Waals surface area contributed by atoms with Gasteiger partial charge in [-0.1, -0.05) is 11.6 Å². The summed E-state index contributed by atoms with van der Waals surface area (Å²) >= 11 is 6.12. The maximum Gasteiger partial charge on any atom is 0.0640 e. The molecule has 1 N–H and O–H groups in total. The van der Waals surface area contributed by atoms with Crippen LogP contribution in [-0.4, -0.2) is 21.8 Å². The van der Waals surface area contributed by atoms with E-state index < -0.39 is 0 Å². The SMILES string of the molecule is CNC(c1cnn(C)c1)c1ccncc1Cl.